The van der Waals surface area contributed by atoms with Gasteiger partial charge < -0.3 is 25.4 Å². The fraction of sp³-hybridized carbons (Fsp3) is 0.529. The second-order valence-electron chi connectivity index (χ2n) is 6.38. The van der Waals surface area contributed by atoms with Gasteiger partial charge in [0.05, 0.1) is 32.2 Å². The van der Waals surface area contributed by atoms with Crippen LogP contribution in [-0.4, -0.2) is 44.7 Å². The Morgan fingerprint density at radius 1 is 1.21 bits per heavy atom. The summed E-state index contributed by atoms with van der Waals surface area (Å²) in [5.74, 6) is 0.889. The van der Waals surface area contributed by atoms with Crippen LogP contribution in [0.25, 0.3) is 0 Å². The number of hydrogen-bond donors (Lipinski definition) is 3. The van der Waals surface area contributed by atoms with Crippen molar-refractivity contribution in [2.45, 2.75) is 19.3 Å². The summed E-state index contributed by atoms with van der Waals surface area (Å²) < 4.78 is 11.2. The fourth-order valence-electron chi connectivity index (χ4n) is 3.23. The number of amides is 2. The van der Waals surface area contributed by atoms with E-state index in [1.807, 2.05) is 12.1 Å². The molecule has 2 heterocycles. The number of quaternary nitrogens is 1. The van der Waals surface area contributed by atoms with Crippen molar-refractivity contribution in [3.05, 3.63) is 18.2 Å². The van der Waals surface area contributed by atoms with Gasteiger partial charge in [0.1, 0.15) is 0 Å². The number of nitrogens with two attached hydrogens (primary N) is 1. The fourth-order valence-corrected chi connectivity index (χ4v) is 3.23. The van der Waals surface area contributed by atoms with E-state index in [9.17, 15) is 9.59 Å². The van der Waals surface area contributed by atoms with Crippen LogP contribution in [0.5, 0.6) is 11.5 Å². The maximum Gasteiger partial charge on any atom is 0.279 e. The number of primary amides is 1. The van der Waals surface area contributed by atoms with Crippen LogP contribution >= 0.6 is 0 Å². The molecule has 2 atom stereocenters. The zero-order valence-corrected chi connectivity index (χ0v) is 13.7. The van der Waals surface area contributed by atoms with Gasteiger partial charge in [-0.3, -0.25) is 9.59 Å². The van der Waals surface area contributed by atoms with Gasteiger partial charge in [0.15, 0.2) is 18.0 Å². The van der Waals surface area contributed by atoms with Gasteiger partial charge in [0, 0.05) is 18.2 Å². The summed E-state index contributed by atoms with van der Waals surface area (Å²) in [6.07, 6.45) is 2.58. The monoisotopic (exact) mass is 334 g/mol. The van der Waals surface area contributed by atoms with E-state index in [0.717, 1.165) is 30.7 Å². The molecule has 1 fully saturated rings. The lowest BCUT2D eigenvalue weighted by atomic mass is 9.97. The van der Waals surface area contributed by atoms with E-state index >= 15 is 0 Å². The smallest absolute Gasteiger partial charge is 0.279 e. The number of anilines is 1. The molecule has 1 unspecified atom stereocenters. The number of rotatable bonds is 4. The Morgan fingerprint density at radius 2 is 2.00 bits per heavy atom. The van der Waals surface area contributed by atoms with Gasteiger partial charge in [0.25, 0.3) is 5.91 Å². The minimum Gasteiger partial charge on any atom is -0.490 e. The molecule has 0 bridgehead atoms. The largest absolute Gasteiger partial charge is 0.490 e. The molecule has 0 radical (unpaired) electrons. The first-order chi connectivity index (χ1) is 11.6. The van der Waals surface area contributed by atoms with Gasteiger partial charge in [-0.05, 0) is 25.0 Å². The minimum atomic E-state index is -0.268. The predicted octanol–water partition coefficient (Wildman–Crippen LogP) is -0.433. The van der Waals surface area contributed by atoms with Crippen molar-refractivity contribution in [3.8, 4) is 11.5 Å². The third-order valence-corrected chi connectivity index (χ3v) is 4.46. The van der Waals surface area contributed by atoms with Crippen molar-refractivity contribution in [1.29, 1.82) is 0 Å². The Hall–Kier alpha value is -2.28. The van der Waals surface area contributed by atoms with Crippen LogP contribution in [0.15, 0.2) is 18.2 Å². The zero-order chi connectivity index (χ0) is 16.9. The van der Waals surface area contributed by atoms with Crippen molar-refractivity contribution < 1.29 is 24.0 Å². The Labute approximate surface area is 141 Å². The number of likely N-dealkylation sites (tertiary alicyclic amines) is 1. The molecule has 0 spiro atoms. The predicted molar refractivity (Wildman–Crippen MR) is 88.2 cm³/mol. The molecule has 2 amide bonds. The van der Waals surface area contributed by atoms with E-state index in [-0.39, 0.29) is 17.7 Å². The highest BCUT2D eigenvalue weighted by Gasteiger charge is 2.28. The van der Waals surface area contributed by atoms with Crippen molar-refractivity contribution >= 4 is 17.5 Å². The van der Waals surface area contributed by atoms with Crippen LogP contribution in [0.2, 0.25) is 0 Å². The number of carbonyl (C=O) groups is 2. The molecule has 7 heteroatoms. The first kappa shape index (κ1) is 16.6. The van der Waals surface area contributed by atoms with Gasteiger partial charge in [-0.15, -0.1) is 0 Å². The van der Waals surface area contributed by atoms with Crippen LogP contribution in [-0.2, 0) is 9.59 Å². The standard InChI is InChI=1S/C17H23N3O4/c18-17(22)12-3-1-6-20(10-12)11-16(21)19-13-4-5-14-15(9-13)24-8-2-7-23-14/h4-5,9,12H,1-3,6-8,10-11H2,(H2,18,22)(H,19,21)/p+1/t12-/m0/s1. The van der Waals surface area contributed by atoms with E-state index < -0.39 is 0 Å². The highest BCUT2D eigenvalue weighted by atomic mass is 16.5. The number of fused-ring (bicyclic) bond motifs is 1. The number of benzene rings is 1. The van der Waals surface area contributed by atoms with E-state index in [1.165, 1.54) is 0 Å². The topological polar surface area (TPSA) is 95.1 Å². The highest BCUT2D eigenvalue weighted by Crippen LogP contribution is 2.32. The van der Waals surface area contributed by atoms with Crippen LogP contribution in [0.1, 0.15) is 19.3 Å². The van der Waals surface area contributed by atoms with Crippen molar-refractivity contribution in [2.75, 3.05) is 38.2 Å². The Kier molecular flexibility index (Phi) is 5.20. The summed E-state index contributed by atoms with van der Waals surface area (Å²) in [7, 11) is 0. The molecule has 1 saturated heterocycles. The quantitative estimate of drug-likeness (QED) is 0.696. The third-order valence-electron chi connectivity index (χ3n) is 4.46. The molecule has 2 aliphatic heterocycles. The first-order valence-electron chi connectivity index (χ1n) is 8.44. The molecule has 24 heavy (non-hydrogen) atoms. The van der Waals surface area contributed by atoms with Crippen molar-refractivity contribution in [1.82, 2.24) is 0 Å². The molecule has 1 aromatic carbocycles. The number of hydrogen-bond acceptors (Lipinski definition) is 4. The lowest BCUT2D eigenvalue weighted by molar-refractivity contribution is -0.899. The molecule has 4 N–H and O–H groups in total. The molecular formula is C17H24N3O4+. The van der Waals surface area contributed by atoms with E-state index in [0.29, 0.717) is 43.5 Å². The van der Waals surface area contributed by atoms with Gasteiger partial charge >= 0.3 is 0 Å². The number of carbonyl (C=O) groups excluding carboxylic acids is 2. The summed E-state index contributed by atoms with van der Waals surface area (Å²) in [6, 6.07) is 5.41. The lowest BCUT2D eigenvalue weighted by Crippen LogP contribution is -3.14. The summed E-state index contributed by atoms with van der Waals surface area (Å²) >= 11 is 0. The van der Waals surface area contributed by atoms with Crippen molar-refractivity contribution in [3.63, 3.8) is 0 Å². The first-order valence-corrected chi connectivity index (χ1v) is 8.44. The average Bonchev–Trinajstić information content (AvgIpc) is 2.79. The molecule has 7 nitrogen and oxygen atoms in total. The maximum atomic E-state index is 12.3. The molecule has 0 saturated carbocycles. The zero-order valence-electron chi connectivity index (χ0n) is 13.7. The molecule has 0 aromatic heterocycles. The summed E-state index contributed by atoms with van der Waals surface area (Å²) in [5.41, 5.74) is 6.07. The van der Waals surface area contributed by atoms with Gasteiger partial charge in [-0.2, -0.15) is 0 Å². The Bertz CT molecular complexity index is 620. The van der Waals surface area contributed by atoms with Crippen LogP contribution < -0.4 is 25.4 Å². The van der Waals surface area contributed by atoms with E-state index in [4.69, 9.17) is 15.2 Å². The SMILES string of the molecule is NC(=O)[C@H]1CCC[NH+](CC(=O)Nc2ccc3c(c2)OCCCO3)C1. The number of piperidine rings is 1. The van der Waals surface area contributed by atoms with Crippen LogP contribution in [0, 0.1) is 5.92 Å². The molecule has 3 rings (SSSR count). The lowest BCUT2D eigenvalue weighted by Gasteiger charge is -2.27. The highest BCUT2D eigenvalue weighted by molar-refractivity contribution is 5.91. The van der Waals surface area contributed by atoms with Crippen LogP contribution in [0.3, 0.4) is 0 Å². The summed E-state index contributed by atoms with van der Waals surface area (Å²) in [4.78, 5) is 24.7. The summed E-state index contributed by atoms with van der Waals surface area (Å²) in [5, 5.41) is 2.89. The second-order valence-corrected chi connectivity index (χ2v) is 6.38. The normalized spacial score (nSPS) is 23.2. The molecule has 1 aromatic rings. The average molecular weight is 334 g/mol. The van der Waals surface area contributed by atoms with Gasteiger partial charge in [-0.1, -0.05) is 0 Å². The molecular weight excluding hydrogens is 310 g/mol. The Balaban J connectivity index is 1.57. The van der Waals surface area contributed by atoms with Crippen molar-refractivity contribution in [2.24, 2.45) is 11.7 Å². The third kappa shape index (κ3) is 4.17. The number of ether oxygens (including phenoxy) is 2. The number of nitrogens with one attached hydrogen (secondary N) is 2. The molecule has 130 valence electrons. The minimum absolute atomic E-state index is 0.0791. The molecule has 2 aliphatic rings. The maximum absolute atomic E-state index is 12.3. The Morgan fingerprint density at radius 3 is 2.79 bits per heavy atom. The van der Waals surface area contributed by atoms with Crippen LogP contribution in [0.4, 0.5) is 5.69 Å². The van der Waals surface area contributed by atoms with Gasteiger partial charge in [-0.25, -0.2) is 0 Å². The van der Waals surface area contributed by atoms with Gasteiger partial charge in [0.2, 0.25) is 5.91 Å². The second kappa shape index (κ2) is 7.53. The molecule has 0 aliphatic carbocycles. The van der Waals surface area contributed by atoms with E-state index in [1.54, 1.807) is 6.07 Å². The van der Waals surface area contributed by atoms with E-state index in [2.05, 4.69) is 5.32 Å². The summed E-state index contributed by atoms with van der Waals surface area (Å²) in [6.45, 7) is 3.09.